The molecule has 0 fully saturated rings. The van der Waals surface area contributed by atoms with Crippen molar-refractivity contribution in [3.63, 3.8) is 0 Å². The number of hydrogen-bond acceptors (Lipinski definition) is 5. The van der Waals surface area contributed by atoms with Gasteiger partial charge in [-0.1, -0.05) is 36.7 Å². The van der Waals surface area contributed by atoms with E-state index in [9.17, 15) is 9.59 Å². The predicted molar refractivity (Wildman–Crippen MR) is 110 cm³/mol. The van der Waals surface area contributed by atoms with Gasteiger partial charge in [0.1, 0.15) is 0 Å². The second-order valence-corrected chi connectivity index (χ2v) is 13.9. The summed E-state index contributed by atoms with van der Waals surface area (Å²) in [6.07, 6.45) is 3.52. The van der Waals surface area contributed by atoms with E-state index in [1.807, 2.05) is 13.0 Å². The second-order valence-electron chi connectivity index (χ2n) is 7.89. The number of carbonyl (C=O) groups excluding carboxylic acids is 2. The van der Waals surface area contributed by atoms with Crippen LogP contribution < -0.4 is 5.32 Å². The predicted octanol–water partition coefficient (Wildman–Crippen LogP) is 3.50. The molecule has 0 aliphatic rings. The molecule has 26 heavy (non-hydrogen) atoms. The summed E-state index contributed by atoms with van der Waals surface area (Å²) in [6, 6.07) is -1.02. The Hall–Kier alpha value is -0.703. The van der Waals surface area contributed by atoms with Crippen LogP contribution in [0.1, 0.15) is 47.0 Å². The number of aliphatic hydroxyl groups is 1. The van der Waals surface area contributed by atoms with Crippen molar-refractivity contribution in [3.8, 4) is 0 Å². The fraction of sp³-hybridized carbons (Fsp3) is 0.778. The van der Waals surface area contributed by atoms with Crippen LogP contribution in [-0.2, 0) is 18.8 Å². The van der Waals surface area contributed by atoms with Crippen molar-refractivity contribution in [1.29, 1.82) is 0 Å². The SMILES string of the molecule is COC(=O)[C@H](CO)NC(=O)CCC[C@@H](/C=C(\C)Br)O[Si](C)(C)C(C)(C)C. The summed E-state index contributed by atoms with van der Waals surface area (Å²) >= 11 is 3.46. The number of allylic oxidation sites excluding steroid dienone is 1. The van der Waals surface area contributed by atoms with Crippen LogP contribution >= 0.6 is 15.9 Å². The second kappa shape index (κ2) is 11.2. The molecule has 8 heteroatoms. The van der Waals surface area contributed by atoms with E-state index >= 15 is 0 Å². The highest BCUT2D eigenvalue weighted by Crippen LogP contribution is 2.38. The Balaban J connectivity index is 4.71. The van der Waals surface area contributed by atoms with Crippen molar-refractivity contribution in [1.82, 2.24) is 5.32 Å². The Labute approximate surface area is 167 Å². The van der Waals surface area contributed by atoms with Gasteiger partial charge in [-0.25, -0.2) is 4.79 Å². The third-order valence-corrected chi connectivity index (χ3v) is 9.33. The van der Waals surface area contributed by atoms with Crippen LogP contribution in [0.3, 0.4) is 0 Å². The van der Waals surface area contributed by atoms with Crippen molar-refractivity contribution in [2.24, 2.45) is 0 Å². The summed E-state index contributed by atoms with van der Waals surface area (Å²) in [4.78, 5) is 23.4. The van der Waals surface area contributed by atoms with Crippen molar-refractivity contribution >= 4 is 36.1 Å². The van der Waals surface area contributed by atoms with Gasteiger partial charge in [0.05, 0.1) is 19.8 Å². The van der Waals surface area contributed by atoms with Gasteiger partial charge in [0.25, 0.3) is 0 Å². The molecule has 0 unspecified atom stereocenters. The van der Waals surface area contributed by atoms with Gasteiger partial charge in [-0.2, -0.15) is 0 Å². The summed E-state index contributed by atoms with van der Waals surface area (Å²) in [5, 5.41) is 11.7. The molecule has 0 heterocycles. The van der Waals surface area contributed by atoms with Crippen LogP contribution in [0.5, 0.6) is 0 Å². The van der Waals surface area contributed by atoms with E-state index in [1.165, 1.54) is 7.11 Å². The lowest BCUT2D eigenvalue weighted by Gasteiger charge is -2.38. The Morgan fingerprint density at radius 1 is 1.31 bits per heavy atom. The maximum absolute atomic E-state index is 12.0. The molecule has 2 N–H and O–H groups in total. The average molecular weight is 452 g/mol. The number of nitrogens with one attached hydrogen (secondary N) is 1. The van der Waals surface area contributed by atoms with Crippen LogP contribution in [-0.4, -0.2) is 51.2 Å². The van der Waals surface area contributed by atoms with Gasteiger partial charge in [0.2, 0.25) is 5.91 Å². The van der Waals surface area contributed by atoms with Gasteiger partial charge in [-0.3, -0.25) is 4.79 Å². The molecule has 0 radical (unpaired) electrons. The molecule has 2 atom stereocenters. The Morgan fingerprint density at radius 2 is 1.88 bits per heavy atom. The van der Waals surface area contributed by atoms with E-state index < -0.39 is 26.9 Å². The highest BCUT2D eigenvalue weighted by molar-refractivity contribution is 9.11. The minimum Gasteiger partial charge on any atom is -0.467 e. The number of halogens is 1. The number of rotatable bonds is 10. The zero-order chi connectivity index (χ0) is 20.5. The highest BCUT2D eigenvalue weighted by Gasteiger charge is 2.38. The Kier molecular flexibility index (Phi) is 10.9. The molecule has 0 aromatic carbocycles. The summed E-state index contributed by atoms with van der Waals surface area (Å²) in [6.45, 7) is 12.4. The summed E-state index contributed by atoms with van der Waals surface area (Å²) in [7, 11) is -0.707. The van der Waals surface area contributed by atoms with Crippen molar-refractivity contribution in [2.75, 3.05) is 13.7 Å². The zero-order valence-corrected chi connectivity index (χ0v) is 19.6. The maximum Gasteiger partial charge on any atom is 0.330 e. The van der Waals surface area contributed by atoms with Gasteiger partial charge >= 0.3 is 5.97 Å². The van der Waals surface area contributed by atoms with Gasteiger partial charge in [-0.05, 0) is 48.5 Å². The van der Waals surface area contributed by atoms with E-state index in [0.717, 1.165) is 4.48 Å². The molecule has 152 valence electrons. The quantitative estimate of drug-likeness (QED) is 0.392. The van der Waals surface area contributed by atoms with Crippen LogP contribution in [0, 0.1) is 0 Å². The van der Waals surface area contributed by atoms with Crippen molar-refractivity contribution < 1.29 is 23.9 Å². The number of carbonyl (C=O) groups is 2. The molecular weight excluding hydrogens is 418 g/mol. The summed E-state index contributed by atoms with van der Waals surface area (Å²) in [5.74, 6) is -0.946. The minimum absolute atomic E-state index is 0.0719. The van der Waals surface area contributed by atoms with E-state index in [1.54, 1.807) is 0 Å². The normalized spacial score (nSPS) is 15.3. The highest BCUT2D eigenvalue weighted by atomic mass is 79.9. The lowest BCUT2D eigenvalue weighted by Crippen LogP contribution is -2.44. The van der Waals surface area contributed by atoms with Crippen LogP contribution in [0.4, 0.5) is 0 Å². The molecule has 0 aromatic heterocycles. The minimum atomic E-state index is -1.92. The summed E-state index contributed by atoms with van der Waals surface area (Å²) < 4.78 is 12.0. The van der Waals surface area contributed by atoms with Crippen molar-refractivity contribution in [2.45, 2.75) is 77.2 Å². The molecular formula is C18H34BrNO5Si. The van der Waals surface area contributed by atoms with Gasteiger partial charge < -0.3 is 19.6 Å². The third-order valence-electron chi connectivity index (χ3n) is 4.56. The first-order valence-corrected chi connectivity index (χ1v) is 12.5. The number of methoxy groups -OCH3 is 1. The van der Waals surface area contributed by atoms with Gasteiger partial charge in [0, 0.05) is 6.42 Å². The van der Waals surface area contributed by atoms with Gasteiger partial charge in [0.15, 0.2) is 14.4 Å². The Morgan fingerprint density at radius 3 is 2.31 bits per heavy atom. The fourth-order valence-corrected chi connectivity index (χ4v) is 3.63. The standard InChI is InChI=1S/C18H34BrNO5Si/c1-13(19)11-14(25-26(6,7)18(2,3)4)9-8-10-16(22)20-15(12-21)17(23)24-5/h11,14-15,21H,8-10,12H2,1-7H3,(H,20,22)/b13-11+/t14-,15-/m0/s1. The first kappa shape index (κ1) is 25.3. The molecule has 6 nitrogen and oxygen atoms in total. The largest absolute Gasteiger partial charge is 0.467 e. The van der Waals surface area contributed by atoms with E-state index in [0.29, 0.717) is 12.8 Å². The maximum atomic E-state index is 12.0. The van der Waals surface area contributed by atoms with Crippen LogP contribution in [0.25, 0.3) is 0 Å². The molecule has 1 amide bonds. The monoisotopic (exact) mass is 451 g/mol. The van der Waals surface area contributed by atoms with E-state index in [-0.39, 0.29) is 23.5 Å². The Bertz CT molecular complexity index is 498. The third kappa shape index (κ3) is 9.30. The summed E-state index contributed by atoms with van der Waals surface area (Å²) in [5.41, 5.74) is 0. The number of aliphatic hydroxyl groups excluding tert-OH is 1. The molecule has 0 saturated carbocycles. The van der Waals surface area contributed by atoms with Gasteiger partial charge in [-0.15, -0.1) is 0 Å². The molecule has 0 aliphatic carbocycles. The molecule has 0 aliphatic heterocycles. The lowest BCUT2D eigenvalue weighted by molar-refractivity contribution is -0.146. The zero-order valence-electron chi connectivity index (χ0n) is 17.0. The van der Waals surface area contributed by atoms with E-state index in [2.05, 4.69) is 59.8 Å². The lowest BCUT2D eigenvalue weighted by atomic mass is 10.1. The molecule has 0 rings (SSSR count). The first-order chi connectivity index (χ1) is 11.8. The molecule has 0 spiro atoms. The van der Waals surface area contributed by atoms with Crippen molar-refractivity contribution in [3.05, 3.63) is 10.6 Å². The van der Waals surface area contributed by atoms with Crippen LogP contribution in [0.15, 0.2) is 10.6 Å². The topological polar surface area (TPSA) is 84.9 Å². The smallest absolute Gasteiger partial charge is 0.330 e. The molecule has 0 bridgehead atoms. The average Bonchev–Trinajstić information content (AvgIpc) is 2.49. The molecule has 0 aromatic rings. The number of ether oxygens (including phenoxy) is 1. The first-order valence-electron chi connectivity index (χ1n) is 8.84. The van der Waals surface area contributed by atoms with Crippen LogP contribution in [0.2, 0.25) is 18.1 Å². The van der Waals surface area contributed by atoms with E-state index in [4.69, 9.17) is 9.53 Å². The number of esters is 1. The number of hydrogen-bond donors (Lipinski definition) is 2. The fourth-order valence-electron chi connectivity index (χ4n) is 2.04. The number of amides is 1. The molecule has 0 saturated heterocycles.